The lowest BCUT2D eigenvalue weighted by atomic mass is 10.2. The summed E-state index contributed by atoms with van der Waals surface area (Å²) in [6.45, 7) is 4.95. The van der Waals surface area contributed by atoms with Gasteiger partial charge in [0.2, 0.25) is 0 Å². The zero-order valence-corrected chi connectivity index (χ0v) is 17.5. The van der Waals surface area contributed by atoms with Gasteiger partial charge in [0.25, 0.3) is 0 Å². The molecule has 0 saturated carbocycles. The number of aromatic hydroxyl groups is 1. The molecule has 0 aliphatic heterocycles. The molecule has 0 heterocycles. The van der Waals surface area contributed by atoms with Crippen LogP contribution < -0.4 is 15.4 Å². The van der Waals surface area contributed by atoms with Gasteiger partial charge >= 0.3 is 0 Å². The number of halogens is 2. The second kappa shape index (κ2) is 10.8. The van der Waals surface area contributed by atoms with E-state index in [4.69, 9.17) is 4.74 Å². The molecule has 1 unspecified atom stereocenters. The topological polar surface area (TPSA) is 65.9 Å². The zero-order chi connectivity index (χ0) is 18.2. The zero-order valence-electron chi connectivity index (χ0n) is 15.1. The summed E-state index contributed by atoms with van der Waals surface area (Å²) in [5.41, 5.74) is 1.86. The molecule has 26 heavy (non-hydrogen) atoms. The Morgan fingerprint density at radius 2 is 2.00 bits per heavy atom. The Morgan fingerprint density at radius 1 is 1.23 bits per heavy atom. The number of nitrogens with one attached hydrogen (secondary N) is 2. The second-order valence-electron chi connectivity index (χ2n) is 5.84. The van der Waals surface area contributed by atoms with Crippen molar-refractivity contribution in [3.05, 3.63) is 59.4 Å². The lowest BCUT2D eigenvalue weighted by Gasteiger charge is -2.18. The van der Waals surface area contributed by atoms with Crippen LogP contribution in [0.4, 0.5) is 4.39 Å². The van der Waals surface area contributed by atoms with E-state index in [2.05, 4.69) is 15.6 Å². The van der Waals surface area contributed by atoms with Crippen molar-refractivity contribution in [1.82, 2.24) is 10.6 Å². The third-order valence-electron chi connectivity index (χ3n) is 3.58. The van der Waals surface area contributed by atoms with Crippen LogP contribution in [0.3, 0.4) is 0 Å². The Morgan fingerprint density at radius 3 is 2.65 bits per heavy atom. The van der Waals surface area contributed by atoms with Crippen molar-refractivity contribution in [2.75, 3.05) is 13.6 Å². The third kappa shape index (κ3) is 7.07. The number of guanidine groups is 1. The van der Waals surface area contributed by atoms with Crippen LogP contribution in [0, 0.1) is 12.7 Å². The quantitative estimate of drug-likeness (QED) is 0.341. The standard InChI is InChI=1S/C19H24FN3O2.HI/c1-13-5-4-6-16(9-13)25-14(2)11-22-19(21-3)23-12-15-7-8-18(24)17(20)10-15;/h4-10,14,24H,11-12H2,1-3H3,(H2,21,22,23);1H. The molecule has 0 spiro atoms. The summed E-state index contributed by atoms with van der Waals surface area (Å²) in [4.78, 5) is 4.13. The summed E-state index contributed by atoms with van der Waals surface area (Å²) in [7, 11) is 1.67. The minimum atomic E-state index is -0.637. The van der Waals surface area contributed by atoms with Gasteiger partial charge in [0.15, 0.2) is 17.5 Å². The fourth-order valence-electron chi connectivity index (χ4n) is 2.27. The van der Waals surface area contributed by atoms with Crippen LogP contribution in [0.5, 0.6) is 11.5 Å². The van der Waals surface area contributed by atoms with E-state index in [1.54, 1.807) is 13.1 Å². The van der Waals surface area contributed by atoms with Crippen LogP contribution >= 0.6 is 24.0 Å². The molecule has 2 rings (SSSR count). The number of ether oxygens (including phenoxy) is 1. The summed E-state index contributed by atoms with van der Waals surface area (Å²) >= 11 is 0. The van der Waals surface area contributed by atoms with Crippen molar-refractivity contribution >= 4 is 29.9 Å². The molecule has 7 heteroatoms. The lowest BCUT2D eigenvalue weighted by molar-refractivity contribution is 0.223. The average Bonchev–Trinajstić information content (AvgIpc) is 2.58. The van der Waals surface area contributed by atoms with Crippen molar-refractivity contribution in [2.45, 2.75) is 26.5 Å². The van der Waals surface area contributed by atoms with E-state index in [9.17, 15) is 9.50 Å². The van der Waals surface area contributed by atoms with Crippen LogP contribution in [0.25, 0.3) is 0 Å². The van der Waals surface area contributed by atoms with Gasteiger partial charge in [0, 0.05) is 13.6 Å². The highest BCUT2D eigenvalue weighted by atomic mass is 127. The summed E-state index contributed by atoms with van der Waals surface area (Å²) < 4.78 is 19.2. The molecule has 2 aromatic carbocycles. The fourth-order valence-corrected chi connectivity index (χ4v) is 2.27. The monoisotopic (exact) mass is 473 g/mol. The number of benzene rings is 2. The van der Waals surface area contributed by atoms with Crippen LogP contribution in [0.15, 0.2) is 47.5 Å². The molecule has 1 atom stereocenters. The number of hydrogen-bond acceptors (Lipinski definition) is 3. The Bertz CT molecular complexity index is 740. The molecule has 0 aliphatic rings. The van der Waals surface area contributed by atoms with E-state index in [-0.39, 0.29) is 35.8 Å². The van der Waals surface area contributed by atoms with Gasteiger partial charge in [-0.25, -0.2) is 4.39 Å². The van der Waals surface area contributed by atoms with Crippen molar-refractivity contribution in [2.24, 2.45) is 4.99 Å². The number of hydrogen-bond donors (Lipinski definition) is 3. The number of aliphatic imine (C=N–C) groups is 1. The number of rotatable bonds is 6. The minimum absolute atomic E-state index is 0. The van der Waals surface area contributed by atoms with Crippen LogP contribution in [0.1, 0.15) is 18.1 Å². The highest BCUT2D eigenvalue weighted by Crippen LogP contribution is 2.16. The predicted octanol–water partition coefficient (Wildman–Crippen LogP) is 3.59. The number of phenols is 1. The lowest BCUT2D eigenvalue weighted by Crippen LogP contribution is -2.41. The molecule has 0 radical (unpaired) electrons. The van der Waals surface area contributed by atoms with E-state index < -0.39 is 5.82 Å². The summed E-state index contributed by atoms with van der Waals surface area (Å²) in [5.74, 6) is 0.431. The van der Waals surface area contributed by atoms with Crippen molar-refractivity contribution in [1.29, 1.82) is 0 Å². The maximum absolute atomic E-state index is 13.3. The normalized spacial score (nSPS) is 12.1. The first-order valence-electron chi connectivity index (χ1n) is 8.13. The van der Waals surface area contributed by atoms with Gasteiger partial charge in [-0.3, -0.25) is 4.99 Å². The maximum Gasteiger partial charge on any atom is 0.191 e. The SMILES string of the molecule is CN=C(NCc1ccc(O)c(F)c1)NCC(C)Oc1cccc(C)c1.I. The summed E-state index contributed by atoms with van der Waals surface area (Å²) in [6, 6.07) is 12.2. The largest absolute Gasteiger partial charge is 0.505 e. The Hall–Kier alpha value is -2.03. The van der Waals surface area contributed by atoms with Gasteiger partial charge in [-0.1, -0.05) is 18.2 Å². The molecule has 2 aromatic rings. The molecule has 0 amide bonds. The van der Waals surface area contributed by atoms with E-state index >= 15 is 0 Å². The van der Waals surface area contributed by atoms with Gasteiger partial charge in [-0.05, 0) is 49.2 Å². The Labute approximate surface area is 170 Å². The molecule has 142 valence electrons. The third-order valence-corrected chi connectivity index (χ3v) is 3.58. The van der Waals surface area contributed by atoms with E-state index in [1.807, 2.05) is 38.1 Å². The molecule has 0 saturated heterocycles. The Balaban J connectivity index is 0.00000338. The first-order valence-corrected chi connectivity index (χ1v) is 8.13. The van der Waals surface area contributed by atoms with Crippen LogP contribution in [0.2, 0.25) is 0 Å². The highest BCUT2D eigenvalue weighted by molar-refractivity contribution is 14.0. The van der Waals surface area contributed by atoms with Gasteiger partial charge < -0.3 is 20.5 Å². The molecular weight excluding hydrogens is 448 g/mol. The second-order valence-corrected chi connectivity index (χ2v) is 5.84. The van der Waals surface area contributed by atoms with Crippen molar-refractivity contribution in [3.63, 3.8) is 0 Å². The first kappa shape index (κ1) is 22.0. The fraction of sp³-hybridized carbons (Fsp3) is 0.316. The maximum atomic E-state index is 13.3. The molecular formula is C19H25FIN3O2. The molecule has 0 aliphatic carbocycles. The highest BCUT2D eigenvalue weighted by Gasteiger charge is 2.07. The average molecular weight is 473 g/mol. The summed E-state index contributed by atoms with van der Waals surface area (Å²) in [5, 5.41) is 15.5. The molecule has 0 aromatic heterocycles. The predicted molar refractivity (Wildman–Crippen MR) is 113 cm³/mol. The molecule has 5 nitrogen and oxygen atoms in total. The van der Waals surface area contributed by atoms with E-state index in [0.29, 0.717) is 24.6 Å². The first-order chi connectivity index (χ1) is 12.0. The van der Waals surface area contributed by atoms with E-state index in [0.717, 1.165) is 11.3 Å². The van der Waals surface area contributed by atoms with Gasteiger partial charge in [0.05, 0.1) is 6.54 Å². The van der Waals surface area contributed by atoms with E-state index in [1.165, 1.54) is 12.1 Å². The van der Waals surface area contributed by atoms with Crippen LogP contribution in [-0.2, 0) is 6.54 Å². The van der Waals surface area contributed by atoms with Crippen LogP contribution in [-0.4, -0.2) is 30.8 Å². The Kier molecular flexibility index (Phi) is 9.18. The minimum Gasteiger partial charge on any atom is -0.505 e. The molecule has 0 bridgehead atoms. The van der Waals surface area contributed by atoms with Crippen molar-refractivity contribution < 1.29 is 14.2 Å². The smallest absolute Gasteiger partial charge is 0.191 e. The number of phenolic OH excluding ortho intramolecular Hbond substituents is 1. The van der Waals surface area contributed by atoms with Crippen molar-refractivity contribution in [3.8, 4) is 11.5 Å². The number of nitrogens with zero attached hydrogens (tertiary/aromatic N) is 1. The summed E-state index contributed by atoms with van der Waals surface area (Å²) in [6.07, 6.45) is -0.0496. The van der Waals surface area contributed by atoms with Gasteiger partial charge in [0.1, 0.15) is 11.9 Å². The van der Waals surface area contributed by atoms with Gasteiger partial charge in [-0.15, -0.1) is 24.0 Å². The number of aryl methyl sites for hydroxylation is 1. The molecule has 3 N–H and O–H groups in total. The van der Waals surface area contributed by atoms with Gasteiger partial charge in [-0.2, -0.15) is 0 Å². The molecule has 0 fully saturated rings.